The zero-order chi connectivity index (χ0) is 34.8. The van der Waals surface area contributed by atoms with Crippen molar-refractivity contribution < 1.29 is 23.4 Å². The third-order valence-corrected chi connectivity index (χ3v) is 9.36. The standard InChI is InChI=1S/C37H34ClFN6O5/c1-43-34(25-6-4-24(5-7-25)21-50-36(47)41-29-12-10-28(39)11-13-29)32-33(42-43)35(46)45(23-40-32)22-37(48)14-16-44(17-15-37)20-27-9-8-26(19-30(27)38)31-3-2-18-49-31/h2-13,18-19,23,48H,14-17,20-22H2,1H3,(H,41,47). The summed E-state index contributed by atoms with van der Waals surface area (Å²) >= 11 is 6.61. The summed E-state index contributed by atoms with van der Waals surface area (Å²) in [6.07, 6.45) is 3.41. The van der Waals surface area contributed by atoms with Gasteiger partial charge in [-0.15, -0.1) is 0 Å². The third kappa shape index (κ3) is 7.18. The summed E-state index contributed by atoms with van der Waals surface area (Å²) in [7, 11) is 1.75. The number of carbonyl (C=O) groups excluding carboxylic acids is 1. The number of benzene rings is 3. The summed E-state index contributed by atoms with van der Waals surface area (Å²) in [5, 5.41) is 19.2. The van der Waals surface area contributed by atoms with Crippen LogP contribution in [0.25, 0.3) is 33.6 Å². The van der Waals surface area contributed by atoms with Gasteiger partial charge in [0, 0.05) is 48.5 Å². The Morgan fingerprint density at radius 3 is 2.48 bits per heavy atom. The first-order valence-electron chi connectivity index (χ1n) is 16.1. The quantitative estimate of drug-likeness (QED) is 0.173. The average molecular weight is 697 g/mol. The number of rotatable bonds is 9. The molecule has 0 bridgehead atoms. The van der Waals surface area contributed by atoms with Crippen LogP contribution in [-0.4, -0.2) is 54.1 Å². The van der Waals surface area contributed by atoms with E-state index in [-0.39, 0.29) is 24.2 Å². The minimum Gasteiger partial charge on any atom is -0.464 e. The van der Waals surface area contributed by atoms with Gasteiger partial charge in [-0.25, -0.2) is 14.2 Å². The van der Waals surface area contributed by atoms with Gasteiger partial charge in [0.05, 0.1) is 30.4 Å². The number of piperidine rings is 1. The maximum absolute atomic E-state index is 13.6. The lowest BCUT2D eigenvalue weighted by atomic mass is 9.91. The predicted molar refractivity (Wildman–Crippen MR) is 187 cm³/mol. The Bertz CT molecular complexity index is 2190. The first kappa shape index (κ1) is 33.2. The Balaban J connectivity index is 0.975. The molecule has 13 heteroatoms. The van der Waals surface area contributed by atoms with Crippen molar-refractivity contribution in [2.45, 2.75) is 38.1 Å². The van der Waals surface area contributed by atoms with E-state index in [1.54, 1.807) is 18.0 Å². The molecule has 3 aromatic heterocycles. The molecule has 0 saturated carbocycles. The molecule has 0 atom stereocenters. The number of aromatic nitrogens is 4. The molecular weight excluding hydrogens is 663 g/mol. The topological polar surface area (TPSA) is 128 Å². The second-order valence-corrected chi connectivity index (χ2v) is 12.9. The number of aliphatic hydroxyl groups is 1. The molecule has 2 N–H and O–H groups in total. The van der Waals surface area contributed by atoms with E-state index in [0.717, 1.165) is 28.0 Å². The van der Waals surface area contributed by atoms with Crippen LogP contribution in [0.2, 0.25) is 5.02 Å². The van der Waals surface area contributed by atoms with Crippen LogP contribution in [0.3, 0.4) is 0 Å². The van der Waals surface area contributed by atoms with Gasteiger partial charge in [0.2, 0.25) is 0 Å². The lowest BCUT2D eigenvalue weighted by Crippen LogP contribution is -2.47. The monoisotopic (exact) mass is 696 g/mol. The van der Waals surface area contributed by atoms with Gasteiger partial charge in [0.1, 0.15) is 23.7 Å². The summed E-state index contributed by atoms with van der Waals surface area (Å²) < 4.78 is 26.9. The number of furan rings is 1. The molecule has 256 valence electrons. The zero-order valence-corrected chi connectivity index (χ0v) is 27.9. The van der Waals surface area contributed by atoms with E-state index in [0.29, 0.717) is 54.4 Å². The smallest absolute Gasteiger partial charge is 0.411 e. The molecule has 0 aliphatic carbocycles. The molecule has 7 rings (SSSR count). The van der Waals surface area contributed by atoms with Crippen LogP contribution in [0.5, 0.6) is 0 Å². The second kappa shape index (κ2) is 13.9. The fourth-order valence-electron chi connectivity index (χ4n) is 6.24. The number of nitrogens with zero attached hydrogens (tertiary/aromatic N) is 5. The van der Waals surface area contributed by atoms with Crippen LogP contribution >= 0.6 is 11.6 Å². The van der Waals surface area contributed by atoms with E-state index in [1.807, 2.05) is 54.6 Å². The molecule has 0 spiro atoms. The van der Waals surface area contributed by atoms with Crippen molar-refractivity contribution in [2.75, 3.05) is 18.4 Å². The van der Waals surface area contributed by atoms with Gasteiger partial charge in [-0.05, 0) is 66.4 Å². The van der Waals surface area contributed by atoms with Gasteiger partial charge < -0.3 is 14.3 Å². The number of nitrogens with one attached hydrogen (secondary N) is 1. The average Bonchev–Trinajstić information content (AvgIpc) is 3.77. The van der Waals surface area contributed by atoms with E-state index < -0.39 is 17.5 Å². The summed E-state index contributed by atoms with van der Waals surface area (Å²) in [6, 6.07) is 22.3. The first-order valence-corrected chi connectivity index (χ1v) is 16.5. The maximum Gasteiger partial charge on any atom is 0.411 e. The molecule has 1 saturated heterocycles. The van der Waals surface area contributed by atoms with Crippen LogP contribution < -0.4 is 10.9 Å². The number of aryl methyl sites for hydroxylation is 1. The fourth-order valence-corrected chi connectivity index (χ4v) is 6.48. The fraction of sp³-hybridized carbons (Fsp3) is 0.243. The van der Waals surface area contributed by atoms with Crippen molar-refractivity contribution in [3.8, 4) is 22.6 Å². The third-order valence-electron chi connectivity index (χ3n) is 9.00. The number of halogens is 2. The molecule has 6 aromatic rings. The van der Waals surface area contributed by atoms with Crippen molar-refractivity contribution in [1.29, 1.82) is 0 Å². The molecule has 0 radical (unpaired) electrons. The number of carbonyl (C=O) groups is 1. The highest BCUT2D eigenvalue weighted by molar-refractivity contribution is 6.31. The van der Waals surface area contributed by atoms with Gasteiger partial charge >= 0.3 is 6.09 Å². The maximum atomic E-state index is 13.6. The Kier molecular flexibility index (Phi) is 9.23. The summed E-state index contributed by atoms with van der Waals surface area (Å²) in [5.41, 5.74) is 3.79. The van der Waals surface area contributed by atoms with Crippen LogP contribution in [-0.2, 0) is 31.5 Å². The van der Waals surface area contributed by atoms with Gasteiger partial charge in [0.15, 0.2) is 5.52 Å². The highest BCUT2D eigenvalue weighted by Gasteiger charge is 2.33. The SMILES string of the molecule is Cn1nc2c(=O)n(CC3(O)CCN(Cc4ccc(-c5ccco5)cc4Cl)CC3)cnc2c1-c1ccc(COC(=O)Nc2ccc(F)cc2)cc1. The van der Waals surface area contributed by atoms with E-state index in [1.165, 1.54) is 35.2 Å². The number of ether oxygens (including phenoxy) is 1. The Morgan fingerprint density at radius 1 is 1.04 bits per heavy atom. The lowest BCUT2D eigenvalue weighted by Gasteiger charge is -2.38. The number of hydrogen-bond donors (Lipinski definition) is 2. The van der Waals surface area contributed by atoms with Gasteiger partial charge in [-0.3, -0.25) is 24.3 Å². The molecule has 0 unspecified atom stereocenters. The summed E-state index contributed by atoms with van der Waals surface area (Å²) in [6.45, 7) is 2.07. The van der Waals surface area contributed by atoms with Crippen molar-refractivity contribution in [2.24, 2.45) is 7.05 Å². The highest BCUT2D eigenvalue weighted by Crippen LogP contribution is 2.30. The molecule has 11 nitrogen and oxygen atoms in total. The molecule has 1 aliphatic heterocycles. The number of amides is 1. The van der Waals surface area contributed by atoms with E-state index in [4.69, 9.17) is 20.8 Å². The van der Waals surface area contributed by atoms with Crippen molar-refractivity contribution >= 4 is 34.4 Å². The first-order chi connectivity index (χ1) is 24.1. The minimum atomic E-state index is -1.08. The van der Waals surface area contributed by atoms with Crippen LogP contribution in [0.4, 0.5) is 14.9 Å². The van der Waals surface area contributed by atoms with Crippen LogP contribution in [0.1, 0.15) is 24.0 Å². The van der Waals surface area contributed by atoms with E-state index in [2.05, 4.69) is 20.3 Å². The number of likely N-dealkylation sites (tertiary alicyclic amines) is 1. The molecule has 50 heavy (non-hydrogen) atoms. The Labute approximate surface area is 291 Å². The number of hydrogen-bond acceptors (Lipinski definition) is 8. The van der Waals surface area contributed by atoms with Crippen molar-refractivity contribution in [1.82, 2.24) is 24.2 Å². The molecule has 1 fully saturated rings. The zero-order valence-electron chi connectivity index (χ0n) is 27.2. The van der Waals surface area contributed by atoms with Gasteiger partial charge in [-0.1, -0.05) is 48.0 Å². The Morgan fingerprint density at radius 2 is 1.78 bits per heavy atom. The van der Waals surface area contributed by atoms with Crippen molar-refractivity contribution in [3.63, 3.8) is 0 Å². The van der Waals surface area contributed by atoms with Gasteiger partial charge in [-0.2, -0.15) is 5.10 Å². The second-order valence-electron chi connectivity index (χ2n) is 12.5. The minimum absolute atomic E-state index is 0.0242. The van der Waals surface area contributed by atoms with Crippen LogP contribution in [0.15, 0.2) is 101 Å². The number of anilines is 1. The molecule has 4 heterocycles. The summed E-state index contributed by atoms with van der Waals surface area (Å²) in [4.78, 5) is 32.6. The normalized spacial score (nSPS) is 14.6. The van der Waals surface area contributed by atoms with Crippen molar-refractivity contribution in [3.05, 3.63) is 124 Å². The molecule has 3 aromatic carbocycles. The molecule has 1 aliphatic rings. The van der Waals surface area contributed by atoms with Crippen LogP contribution in [0, 0.1) is 5.82 Å². The van der Waals surface area contributed by atoms with Gasteiger partial charge in [0.25, 0.3) is 5.56 Å². The largest absolute Gasteiger partial charge is 0.464 e. The lowest BCUT2D eigenvalue weighted by molar-refractivity contribution is -0.0364. The predicted octanol–water partition coefficient (Wildman–Crippen LogP) is 6.63. The van der Waals surface area contributed by atoms with E-state index in [9.17, 15) is 19.1 Å². The van der Waals surface area contributed by atoms with E-state index >= 15 is 0 Å². The molecule has 1 amide bonds. The molecular formula is C37H34ClFN6O5. The summed E-state index contributed by atoms with van der Waals surface area (Å²) in [5.74, 6) is 0.362. The Hall–Kier alpha value is -5.30. The highest BCUT2D eigenvalue weighted by atomic mass is 35.5. The number of fused-ring (bicyclic) bond motifs is 1.